The molecule has 0 bridgehead atoms. The molecular weight excluding hydrogens is 194 g/mol. The van der Waals surface area contributed by atoms with Gasteiger partial charge in [0.05, 0.1) is 0 Å². The normalized spacial score (nSPS) is 30.2. The van der Waals surface area contributed by atoms with Gasteiger partial charge in [-0.1, -0.05) is 32.3 Å². The number of hydrogen-bond acceptors (Lipinski definition) is 1. The van der Waals surface area contributed by atoms with Gasteiger partial charge in [-0.05, 0) is 57.0 Å². The van der Waals surface area contributed by atoms with Crippen molar-refractivity contribution in [2.45, 2.75) is 51.9 Å². The summed E-state index contributed by atoms with van der Waals surface area (Å²) in [4.78, 5) is 0. The van der Waals surface area contributed by atoms with Gasteiger partial charge in [0.1, 0.15) is 0 Å². The Labute approximate surface area is 102 Å². The van der Waals surface area contributed by atoms with Gasteiger partial charge in [0, 0.05) is 0 Å². The molecule has 1 heteroatoms. The van der Waals surface area contributed by atoms with E-state index in [4.69, 9.17) is 0 Å². The highest BCUT2D eigenvalue weighted by Crippen LogP contribution is 2.38. The smallest absolute Gasteiger partial charge is 0.00209 e. The van der Waals surface area contributed by atoms with Crippen molar-refractivity contribution in [2.75, 3.05) is 13.6 Å². The lowest BCUT2D eigenvalue weighted by atomic mass is 9.71. The lowest BCUT2D eigenvalue weighted by Gasteiger charge is -2.36. The Balaban J connectivity index is 2.43. The van der Waals surface area contributed by atoms with Crippen molar-refractivity contribution in [1.29, 1.82) is 0 Å². The first-order chi connectivity index (χ1) is 7.81. The number of hydrogen-bond donors (Lipinski definition) is 1. The summed E-state index contributed by atoms with van der Waals surface area (Å²) < 4.78 is 0. The molecule has 0 aliphatic heterocycles. The maximum Gasteiger partial charge on any atom is -0.00209 e. The van der Waals surface area contributed by atoms with Crippen molar-refractivity contribution in [1.82, 2.24) is 5.32 Å². The molecule has 1 fully saturated rings. The van der Waals surface area contributed by atoms with Gasteiger partial charge in [-0.25, -0.2) is 0 Å². The van der Waals surface area contributed by atoms with Gasteiger partial charge in [-0.3, -0.25) is 0 Å². The van der Waals surface area contributed by atoms with Crippen LogP contribution in [0.1, 0.15) is 51.9 Å². The van der Waals surface area contributed by atoms with Crippen molar-refractivity contribution < 1.29 is 0 Å². The Morgan fingerprint density at radius 2 is 2.06 bits per heavy atom. The van der Waals surface area contributed by atoms with E-state index in [9.17, 15) is 0 Å². The number of nitrogens with one attached hydrogen (secondary N) is 1. The van der Waals surface area contributed by atoms with Crippen molar-refractivity contribution in [3.63, 3.8) is 0 Å². The minimum absolute atomic E-state index is 0.915. The van der Waals surface area contributed by atoms with Crippen LogP contribution in [0.5, 0.6) is 0 Å². The van der Waals surface area contributed by atoms with Gasteiger partial charge in [-0.15, -0.1) is 6.58 Å². The molecule has 1 aliphatic carbocycles. The van der Waals surface area contributed by atoms with Gasteiger partial charge in [0.2, 0.25) is 0 Å². The SMILES string of the molecule is C=CCCC1CC(CCC)CCC1CNC. The molecule has 0 saturated heterocycles. The quantitative estimate of drug-likeness (QED) is 0.643. The van der Waals surface area contributed by atoms with E-state index in [-0.39, 0.29) is 0 Å². The van der Waals surface area contributed by atoms with Crippen molar-refractivity contribution in [2.24, 2.45) is 17.8 Å². The molecule has 0 aromatic rings. The van der Waals surface area contributed by atoms with E-state index in [2.05, 4.69) is 31.9 Å². The molecule has 0 heterocycles. The molecule has 0 radical (unpaired) electrons. The second-order valence-electron chi connectivity index (χ2n) is 5.41. The molecule has 1 nitrogen and oxygen atoms in total. The Kier molecular flexibility index (Phi) is 6.79. The van der Waals surface area contributed by atoms with Crippen molar-refractivity contribution >= 4 is 0 Å². The average molecular weight is 223 g/mol. The molecule has 0 aromatic carbocycles. The Morgan fingerprint density at radius 3 is 2.69 bits per heavy atom. The molecule has 0 spiro atoms. The number of rotatable bonds is 7. The molecule has 0 aromatic heterocycles. The predicted molar refractivity (Wildman–Crippen MR) is 72.6 cm³/mol. The molecule has 16 heavy (non-hydrogen) atoms. The Bertz CT molecular complexity index is 188. The van der Waals surface area contributed by atoms with Gasteiger partial charge in [0.25, 0.3) is 0 Å². The number of allylic oxidation sites excluding steroid dienone is 1. The van der Waals surface area contributed by atoms with E-state index < -0.39 is 0 Å². The first-order valence-electron chi connectivity index (χ1n) is 7.07. The van der Waals surface area contributed by atoms with E-state index in [0.29, 0.717) is 0 Å². The van der Waals surface area contributed by atoms with Crippen LogP contribution >= 0.6 is 0 Å². The molecule has 1 N–H and O–H groups in total. The summed E-state index contributed by atoms with van der Waals surface area (Å²) in [6.45, 7) is 7.38. The fourth-order valence-electron chi connectivity index (χ4n) is 3.31. The third-order valence-corrected chi connectivity index (χ3v) is 4.15. The van der Waals surface area contributed by atoms with Crippen LogP contribution in [-0.2, 0) is 0 Å². The van der Waals surface area contributed by atoms with Crippen LogP contribution in [0.15, 0.2) is 12.7 Å². The molecular formula is C15H29N. The zero-order valence-electron chi connectivity index (χ0n) is 11.2. The van der Waals surface area contributed by atoms with E-state index in [1.54, 1.807) is 0 Å². The van der Waals surface area contributed by atoms with E-state index >= 15 is 0 Å². The van der Waals surface area contributed by atoms with Crippen LogP contribution in [0.3, 0.4) is 0 Å². The Hall–Kier alpha value is -0.300. The topological polar surface area (TPSA) is 12.0 Å². The van der Waals surface area contributed by atoms with Crippen LogP contribution in [0, 0.1) is 17.8 Å². The van der Waals surface area contributed by atoms with E-state index in [0.717, 1.165) is 17.8 Å². The van der Waals surface area contributed by atoms with Gasteiger partial charge in [0.15, 0.2) is 0 Å². The largest absolute Gasteiger partial charge is 0.319 e. The third-order valence-electron chi connectivity index (χ3n) is 4.15. The maximum atomic E-state index is 3.86. The molecule has 1 saturated carbocycles. The maximum absolute atomic E-state index is 3.86. The first kappa shape index (κ1) is 13.8. The van der Waals surface area contributed by atoms with Crippen molar-refractivity contribution in [3.8, 4) is 0 Å². The summed E-state index contributed by atoms with van der Waals surface area (Å²) in [5.74, 6) is 2.86. The van der Waals surface area contributed by atoms with Crippen LogP contribution in [0.4, 0.5) is 0 Å². The molecule has 3 unspecified atom stereocenters. The Morgan fingerprint density at radius 1 is 1.25 bits per heavy atom. The second-order valence-corrected chi connectivity index (χ2v) is 5.41. The van der Waals surface area contributed by atoms with E-state index in [1.807, 2.05) is 0 Å². The van der Waals surface area contributed by atoms with Crippen LogP contribution in [0.2, 0.25) is 0 Å². The lowest BCUT2D eigenvalue weighted by molar-refractivity contribution is 0.162. The molecule has 3 atom stereocenters. The monoisotopic (exact) mass is 223 g/mol. The first-order valence-corrected chi connectivity index (χ1v) is 7.07. The fraction of sp³-hybridized carbons (Fsp3) is 0.867. The van der Waals surface area contributed by atoms with Gasteiger partial charge >= 0.3 is 0 Å². The molecule has 94 valence electrons. The highest BCUT2D eigenvalue weighted by Gasteiger charge is 2.28. The average Bonchev–Trinajstić information content (AvgIpc) is 2.30. The highest BCUT2D eigenvalue weighted by atomic mass is 14.8. The summed E-state index contributed by atoms with van der Waals surface area (Å²) in [5, 5.41) is 3.36. The third kappa shape index (κ3) is 4.29. The molecule has 0 amide bonds. The molecule has 1 rings (SSSR count). The molecule has 1 aliphatic rings. The summed E-state index contributed by atoms with van der Waals surface area (Å²) in [6, 6.07) is 0. The van der Waals surface area contributed by atoms with Crippen LogP contribution in [0.25, 0.3) is 0 Å². The summed E-state index contributed by atoms with van der Waals surface area (Å²) in [7, 11) is 2.09. The van der Waals surface area contributed by atoms with Crippen LogP contribution in [-0.4, -0.2) is 13.6 Å². The lowest BCUT2D eigenvalue weighted by Crippen LogP contribution is -2.31. The highest BCUT2D eigenvalue weighted by molar-refractivity contribution is 4.83. The predicted octanol–water partition coefficient (Wildman–Crippen LogP) is 4.00. The van der Waals surface area contributed by atoms with E-state index in [1.165, 1.54) is 51.5 Å². The second kappa shape index (κ2) is 7.89. The minimum Gasteiger partial charge on any atom is -0.319 e. The summed E-state index contributed by atoms with van der Waals surface area (Å²) in [6.07, 6.45) is 11.8. The van der Waals surface area contributed by atoms with Crippen molar-refractivity contribution in [3.05, 3.63) is 12.7 Å². The summed E-state index contributed by atoms with van der Waals surface area (Å²) >= 11 is 0. The standard InChI is InChI=1S/C15H29N/c1-4-6-8-14-11-13(7-5-2)9-10-15(14)12-16-3/h4,13-16H,1,5-12H2,2-3H3. The van der Waals surface area contributed by atoms with Gasteiger partial charge in [-0.2, -0.15) is 0 Å². The zero-order chi connectivity index (χ0) is 11.8. The minimum atomic E-state index is 0.915. The zero-order valence-corrected chi connectivity index (χ0v) is 11.2. The summed E-state index contributed by atoms with van der Waals surface area (Å²) in [5.41, 5.74) is 0. The fourth-order valence-corrected chi connectivity index (χ4v) is 3.31. The van der Waals surface area contributed by atoms with Gasteiger partial charge < -0.3 is 5.32 Å². The van der Waals surface area contributed by atoms with Crippen LogP contribution < -0.4 is 5.32 Å².